The van der Waals surface area contributed by atoms with Gasteiger partial charge in [0.05, 0.1) is 23.0 Å². The van der Waals surface area contributed by atoms with E-state index in [0.29, 0.717) is 33.6 Å². The molecule has 0 saturated heterocycles. The van der Waals surface area contributed by atoms with E-state index >= 15 is 0 Å². The maximum absolute atomic E-state index is 13.2. The number of nitrogens with zero attached hydrogens (tertiary/aromatic N) is 6. The summed E-state index contributed by atoms with van der Waals surface area (Å²) >= 11 is 0.985. The number of hydrogen-bond donors (Lipinski definition) is 1. The van der Waals surface area contributed by atoms with Crippen molar-refractivity contribution in [3.8, 4) is 40.2 Å². The summed E-state index contributed by atoms with van der Waals surface area (Å²) in [6.45, 7) is 0. The molecule has 7 rings (SSSR count). The lowest BCUT2D eigenvalue weighted by Crippen LogP contribution is -2.09. The molecule has 256 valence electrons. The fourth-order valence-corrected chi connectivity index (χ4v) is 6.46. The van der Waals surface area contributed by atoms with Gasteiger partial charge >= 0.3 is 0 Å². The fourth-order valence-electron chi connectivity index (χ4n) is 4.60. The van der Waals surface area contributed by atoms with Crippen LogP contribution < -0.4 is 4.89 Å². The van der Waals surface area contributed by atoms with Crippen LogP contribution in [0.15, 0.2) is 137 Å². The summed E-state index contributed by atoms with van der Waals surface area (Å²) in [5.41, 5.74) is 3.77. The van der Waals surface area contributed by atoms with Crippen molar-refractivity contribution in [1.82, 2.24) is 34.5 Å². The Balaban J connectivity index is 0.000000177. The highest BCUT2D eigenvalue weighted by Crippen LogP contribution is 2.31. The van der Waals surface area contributed by atoms with E-state index < -0.39 is 9.84 Å². The van der Waals surface area contributed by atoms with E-state index in [1.54, 1.807) is 67.8 Å². The quantitative estimate of drug-likeness (QED) is 0.0777. The smallest absolute Gasteiger partial charge is 0.240 e. The molecule has 3 aromatic heterocycles. The van der Waals surface area contributed by atoms with Crippen molar-refractivity contribution in [2.45, 2.75) is 15.2 Å². The van der Waals surface area contributed by atoms with Crippen molar-refractivity contribution in [3.63, 3.8) is 0 Å². The van der Waals surface area contributed by atoms with Crippen molar-refractivity contribution >= 4 is 21.9 Å². The van der Waals surface area contributed by atoms with Gasteiger partial charge in [0.1, 0.15) is 40.8 Å². The second kappa shape index (κ2) is 15.6. The molecule has 0 aliphatic heterocycles. The summed E-state index contributed by atoms with van der Waals surface area (Å²) < 4.78 is 59.7. The number of aromatic nitrogens is 7. The Labute approximate surface area is 296 Å². The Morgan fingerprint density at radius 3 is 2.04 bits per heavy atom. The molecule has 0 bridgehead atoms. The average molecular weight is 724 g/mol. The van der Waals surface area contributed by atoms with Crippen LogP contribution in [0.1, 0.15) is 11.3 Å². The van der Waals surface area contributed by atoms with E-state index in [1.807, 2.05) is 29.8 Å². The highest BCUT2D eigenvalue weighted by Gasteiger charge is 2.23. The number of nitrogens with one attached hydrogen (secondary N) is 1. The predicted molar refractivity (Wildman–Crippen MR) is 185 cm³/mol. The van der Waals surface area contributed by atoms with Gasteiger partial charge in [-0.1, -0.05) is 42.3 Å². The van der Waals surface area contributed by atoms with Crippen LogP contribution in [0.4, 0.5) is 8.78 Å². The standard InChI is InChI=1S/C18H14FN5O2S.C18H13FN2O2S/c1-24-15(11-20-18(24)27-26-25-14-5-3-2-4-6-14)17-16(21-23-22-17)12-7-9-13(19)10-8-12;1-21-16(12-9-14-7-10-15(19)11-8-14)13-20-18(21)24(22,23)17-5-3-2-4-6-17/h2-11H,1H3,(H,21,22,23);2-8,10-11,13H,1H3. The SMILES string of the molecule is Cn1c(-c2n[nH]nc2-c2ccc(F)cc2)cnc1SOOc1ccccc1.Cn1c(C#Cc2ccc(F)cc2)cnc1S(=O)(=O)c1ccccc1. The number of rotatable bonds is 8. The highest BCUT2D eigenvalue weighted by molar-refractivity contribution is 7.94. The van der Waals surface area contributed by atoms with E-state index in [2.05, 4.69) is 37.2 Å². The van der Waals surface area contributed by atoms with Gasteiger partial charge in [0, 0.05) is 25.2 Å². The number of halogens is 2. The Morgan fingerprint density at radius 1 is 0.725 bits per heavy atom. The Kier molecular flexibility index (Phi) is 10.7. The molecule has 0 spiro atoms. The van der Waals surface area contributed by atoms with Gasteiger partial charge in [0.25, 0.3) is 0 Å². The van der Waals surface area contributed by atoms with Gasteiger partial charge < -0.3 is 14.0 Å². The van der Waals surface area contributed by atoms with Crippen LogP contribution in [-0.4, -0.2) is 42.9 Å². The lowest BCUT2D eigenvalue weighted by Gasteiger charge is -2.05. The second-order valence-electron chi connectivity index (χ2n) is 10.6. The molecule has 0 saturated carbocycles. The first-order valence-electron chi connectivity index (χ1n) is 15.0. The molecule has 0 unspecified atom stereocenters. The fraction of sp³-hybridized carbons (Fsp3) is 0.0556. The summed E-state index contributed by atoms with van der Waals surface area (Å²) in [6, 6.07) is 29.1. The minimum Gasteiger partial charge on any atom is -0.325 e. The highest BCUT2D eigenvalue weighted by atomic mass is 32.2. The normalized spacial score (nSPS) is 10.9. The first-order valence-corrected chi connectivity index (χ1v) is 17.3. The third kappa shape index (κ3) is 8.22. The molecule has 3 heterocycles. The minimum absolute atomic E-state index is 0.0721. The zero-order chi connectivity index (χ0) is 35.8. The molecule has 0 amide bonds. The van der Waals surface area contributed by atoms with Crippen LogP contribution in [0.25, 0.3) is 22.6 Å². The van der Waals surface area contributed by atoms with E-state index in [0.717, 1.165) is 23.3 Å². The number of benzene rings is 4. The Morgan fingerprint density at radius 2 is 1.35 bits per heavy atom. The molecule has 0 atom stereocenters. The van der Waals surface area contributed by atoms with Crippen molar-refractivity contribution in [1.29, 1.82) is 0 Å². The minimum atomic E-state index is -3.70. The summed E-state index contributed by atoms with van der Waals surface area (Å²) in [5, 5.41) is 11.5. The summed E-state index contributed by atoms with van der Waals surface area (Å²) in [6.07, 6.45) is 3.07. The molecule has 0 radical (unpaired) electrons. The van der Waals surface area contributed by atoms with Crippen LogP contribution in [0.3, 0.4) is 0 Å². The number of aromatic amines is 1. The van der Waals surface area contributed by atoms with E-state index in [9.17, 15) is 17.2 Å². The first-order chi connectivity index (χ1) is 24.7. The lowest BCUT2D eigenvalue weighted by molar-refractivity contribution is -0.0782. The van der Waals surface area contributed by atoms with Gasteiger partial charge in [-0.3, -0.25) is 0 Å². The van der Waals surface area contributed by atoms with Crippen LogP contribution in [-0.2, 0) is 28.3 Å². The third-order valence-corrected chi connectivity index (χ3v) is 9.67. The van der Waals surface area contributed by atoms with Crippen LogP contribution in [0.5, 0.6) is 5.75 Å². The van der Waals surface area contributed by atoms with E-state index in [4.69, 9.17) is 9.22 Å². The number of imidazole rings is 2. The van der Waals surface area contributed by atoms with Gasteiger partial charge in [-0.2, -0.15) is 15.4 Å². The van der Waals surface area contributed by atoms with Gasteiger partial charge in [-0.25, -0.2) is 27.2 Å². The monoisotopic (exact) mass is 723 g/mol. The number of hydrogen-bond acceptors (Lipinski definition) is 9. The zero-order valence-corrected chi connectivity index (χ0v) is 28.6. The number of H-pyrrole nitrogens is 1. The topological polar surface area (TPSA) is 130 Å². The summed E-state index contributed by atoms with van der Waals surface area (Å²) in [7, 11) is -0.275. The number of para-hydroxylation sites is 1. The molecule has 0 fully saturated rings. The van der Waals surface area contributed by atoms with Crippen molar-refractivity contribution in [3.05, 3.63) is 144 Å². The van der Waals surface area contributed by atoms with E-state index in [1.165, 1.54) is 47.2 Å². The largest absolute Gasteiger partial charge is 0.325 e. The third-order valence-electron chi connectivity index (χ3n) is 7.25. The number of sulfone groups is 1. The van der Waals surface area contributed by atoms with Crippen LogP contribution in [0, 0.1) is 23.5 Å². The van der Waals surface area contributed by atoms with Crippen molar-refractivity contribution < 1.29 is 26.4 Å². The second-order valence-corrected chi connectivity index (χ2v) is 13.1. The molecule has 7 aromatic rings. The van der Waals surface area contributed by atoms with Crippen LogP contribution in [0.2, 0.25) is 0 Å². The molecular formula is C36H27F2N7O4S2. The molecule has 11 nitrogen and oxygen atoms in total. The summed E-state index contributed by atoms with van der Waals surface area (Å²) in [5.74, 6) is 5.67. The van der Waals surface area contributed by atoms with Gasteiger partial charge in [-0.05, 0) is 78.7 Å². The van der Waals surface area contributed by atoms with Gasteiger partial charge in [0.2, 0.25) is 15.0 Å². The Hall–Kier alpha value is -6.08. The molecule has 0 aliphatic carbocycles. The van der Waals surface area contributed by atoms with Crippen molar-refractivity contribution in [2.24, 2.45) is 14.1 Å². The maximum atomic E-state index is 13.2. The van der Waals surface area contributed by atoms with E-state index in [-0.39, 0.29) is 21.7 Å². The van der Waals surface area contributed by atoms with Crippen LogP contribution >= 0.6 is 12.0 Å². The lowest BCUT2D eigenvalue weighted by atomic mass is 10.1. The maximum Gasteiger partial charge on any atom is 0.240 e. The molecule has 1 N–H and O–H groups in total. The molecule has 0 aliphatic rings. The average Bonchev–Trinajstić information content (AvgIpc) is 3.88. The molecular weight excluding hydrogens is 697 g/mol. The van der Waals surface area contributed by atoms with Gasteiger partial charge in [-0.15, -0.1) is 4.33 Å². The Bertz CT molecular complexity index is 2410. The molecule has 4 aromatic carbocycles. The first kappa shape index (κ1) is 34.8. The summed E-state index contributed by atoms with van der Waals surface area (Å²) in [4.78, 5) is 13.7. The molecule has 15 heteroatoms. The molecule has 51 heavy (non-hydrogen) atoms. The predicted octanol–water partition coefficient (Wildman–Crippen LogP) is 6.82. The zero-order valence-electron chi connectivity index (χ0n) is 26.9. The van der Waals surface area contributed by atoms with Crippen molar-refractivity contribution in [2.75, 3.05) is 0 Å². The van der Waals surface area contributed by atoms with Gasteiger partial charge in [0.15, 0.2) is 10.9 Å².